The Morgan fingerprint density at radius 2 is 1.56 bits per heavy atom. The van der Waals surface area contributed by atoms with E-state index in [9.17, 15) is 9.59 Å². The number of carbonyl (C=O) groups is 2. The number of hydrogen-bond donors (Lipinski definition) is 3. The molecule has 2 heterocycles. The lowest BCUT2D eigenvalue weighted by molar-refractivity contribution is -0.113. The molecule has 39 heavy (non-hydrogen) atoms. The van der Waals surface area contributed by atoms with Crippen LogP contribution in [0.1, 0.15) is 34.5 Å². The zero-order valence-electron chi connectivity index (χ0n) is 22.1. The molecule has 0 fully saturated rings. The van der Waals surface area contributed by atoms with Gasteiger partial charge >= 0.3 is 0 Å². The minimum Gasteiger partial charge on any atom is -0.497 e. The van der Waals surface area contributed by atoms with Crippen LogP contribution >= 0.6 is 0 Å². The predicted octanol–water partition coefficient (Wildman–Crippen LogP) is 5.39. The van der Waals surface area contributed by atoms with Crippen LogP contribution in [0.2, 0.25) is 0 Å². The van der Waals surface area contributed by atoms with Crippen molar-refractivity contribution < 1.29 is 19.1 Å². The van der Waals surface area contributed by atoms with Crippen LogP contribution < -0.4 is 25.4 Å². The topological polar surface area (TPSA) is 107 Å². The maximum Gasteiger partial charge on any atom is 0.261 e. The molecule has 0 bridgehead atoms. The van der Waals surface area contributed by atoms with E-state index in [1.54, 1.807) is 38.0 Å². The third kappa shape index (κ3) is 5.06. The van der Waals surface area contributed by atoms with E-state index in [1.165, 1.54) is 6.20 Å². The SMILES string of the molecule is COc1ccc(OC)c(C2C(C(=O)Nc3ccccc3)=C(C)Nc3c(C(=O)Nc4ccc(C)cc4)cnn32)c1. The average Bonchev–Trinajstić information content (AvgIpc) is 3.37. The summed E-state index contributed by atoms with van der Waals surface area (Å²) < 4.78 is 12.8. The largest absolute Gasteiger partial charge is 0.497 e. The average molecular weight is 524 g/mol. The summed E-state index contributed by atoms with van der Waals surface area (Å²) in [5.41, 5.74) is 4.41. The number of amides is 2. The molecule has 5 rings (SSSR count). The number of benzene rings is 3. The maximum absolute atomic E-state index is 13.7. The van der Waals surface area contributed by atoms with Crippen LogP contribution in [0, 0.1) is 6.92 Å². The van der Waals surface area contributed by atoms with E-state index in [2.05, 4.69) is 21.0 Å². The van der Waals surface area contributed by atoms with E-state index in [0.717, 1.165) is 5.56 Å². The van der Waals surface area contributed by atoms with Gasteiger partial charge in [0.25, 0.3) is 11.8 Å². The van der Waals surface area contributed by atoms with Gasteiger partial charge in [0.05, 0.1) is 26.0 Å². The van der Waals surface area contributed by atoms with Gasteiger partial charge in [0.1, 0.15) is 28.9 Å². The van der Waals surface area contributed by atoms with E-state index >= 15 is 0 Å². The van der Waals surface area contributed by atoms with Gasteiger partial charge in [0.15, 0.2) is 0 Å². The smallest absolute Gasteiger partial charge is 0.261 e. The van der Waals surface area contributed by atoms with Crippen LogP contribution in [0.4, 0.5) is 17.2 Å². The summed E-state index contributed by atoms with van der Waals surface area (Å²) in [7, 11) is 3.14. The van der Waals surface area contributed by atoms with E-state index in [4.69, 9.17) is 9.47 Å². The molecule has 1 unspecified atom stereocenters. The summed E-state index contributed by atoms with van der Waals surface area (Å²) >= 11 is 0. The van der Waals surface area contributed by atoms with E-state index in [1.807, 2.05) is 67.6 Å². The second-order valence-electron chi connectivity index (χ2n) is 9.17. The molecular formula is C30H29N5O4. The number of para-hydroxylation sites is 1. The lowest BCUT2D eigenvalue weighted by Gasteiger charge is -2.31. The molecule has 3 aromatic carbocycles. The molecule has 9 heteroatoms. The van der Waals surface area contributed by atoms with Crippen molar-refractivity contribution in [3.63, 3.8) is 0 Å². The minimum absolute atomic E-state index is 0.312. The highest BCUT2D eigenvalue weighted by Crippen LogP contribution is 2.42. The fraction of sp³-hybridized carbons (Fsp3) is 0.167. The maximum atomic E-state index is 13.7. The van der Waals surface area contributed by atoms with E-state index in [0.29, 0.717) is 51.1 Å². The van der Waals surface area contributed by atoms with Crippen LogP contribution in [0.15, 0.2) is 90.3 Å². The number of carbonyl (C=O) groups excluding carboxylic acids is 2. The van der Waals surface area contributed by atoms with Gasteiger partial charge in [-0.2, -0.15) is 5.10 Å². The van der Waals surface area contributed by atoms with Gasteiger partial charge in [0.2, 0.25) is 0 Å². The van der Waals surface area contributed by atoms with Crippen LogP contribution in [0.5, 0.6) is 11.5 Å². The van der Waals surface area contributed by atoms with Crippen molar-refractivity contribution in [3.8, 4) is 11.5 Å². The summed E-state index contributed by atoms with van der Waals surface area (Å²) in [6, 6.07) is 21.4. The highest BCUT2D eigenvalue weighted by molar-refractivity contribution is 6.09. The number of allylic oxidation sites excluding steroid dienone is 1. The lowest BCUT2D eigenvalue weighted by atomic mass is 9.93. The number of nitrogens with one attached hydrogen (secondary N) is 3. The zero-order chi connectivity index (χ0) is 27.5. The Morgan fingerprint density at radius 1 is 0.872 bits per heavy atom. The van der Waals surface area contributed by atoms with Gasteiger partial charge in [-0.15, -0.1) is 0 Å². The molecule has 0 spiro atoms. The molecule has 9 nitrogen and oxygen atoms in total. The van der Waals surface area contributed by atoms with Crippen molar-refractivity contribution in [1.29, 1.82) is 0 Å². The molecule has 1 atom stereocenters. The van der Waals surface area contributed by atoms with Gasteiger partial charge in [-0.25, -0.2) is 4.68 Å². The number of fused-ring (bicyclic) bond motifs is 1. The van der Waals surface area contributed by atoms with Crippen molar-refractivity contribution in [1.82, 2.24) is 9.78 Å². The van der Waals surface area contributed by atoms with Gasteiger partial charge in [-0.3, -0.25) is 9.59 Å². The third-order valence-electron chi connectivity index (χ3n) is 6.59. The fourth-order valence-electron chi connectivity index (χ4n) is 4.61. The second kappa shape index (κ2) is 10.7. The zero-order valence-corrected chi connectivity index (χ0v) is 22.1. The van der Waals surface area contributed by atoms with Crippen LogP contribution in [-0.4, -0.2) is 35.8 Å². The number of nitrogens with zero attached hydrogens (tertiary/aromatic N) is 2. The Bertz CT molecular complexity index is 1560. The summed E-state index contributed by atoms with van der Waals surface area (Å²) in [5.74, 6) is 0.966. The molecule has 0 saturated heterocycles. The molecule has 0 radical (unpaired) electrons. The predicted molar refractivity (Wildman–Crippen MR) is 150 cm³/mol. The first kappa shape index (κ1) is 25.6. The van der Waals surface area contributed by atoms with Crippen molar-refractivity contribution in [3.05, 3.63) is 107 Å². The van der Waals surface area contributed by atoms with Crippen molar-refractivity contribution >= 4 is 29.0 Å². The molecular weight excluding hydrogens is 494 g/mol. The molecule has 0 saturated carbocycles. The molecule has 2 amide bonds. The van der Waals surface area contributed by atoms with Gasteiger partial charge in [-0.1, -0.05) is 35.9 Å². The molecule has 1 aliphatic rings. The first-order valence-electron chi connectivity index (χ1n) is 12.4. The third-order valence-corrected chi connectivity index (χ3v) is 6.59. The molecule has 198 valence electrons. The van der Waals surface area contributed by atoms with Gasteiger partial charge in [-0.05, 0) is 56.3 Å². The number of aromatic nitrogens is 2. The van der Waals surface area contributed by atoms with Crippen LogP contribution in [0.3, 0.4) is 0 Å². The monoisotopic (exact) mass is 523 g/mol. The second-order valence-corrected chi connectivity index (χ2v) is 9.17. The number of anilines is 3. The Balaban J connectivity index is 1.60. The fourth-order valence-corrected chi connectivity index (χ4v) is 4.61. The summed E-state index contributed by atoms with van der Waals surface area (Å²) in [4.78, 5) is 27.1. The Morgan fingerprint density at radius 3 is 2.26 bits per heavy atom. The van der Waals surface area contributed by atoms with Gasteiger partial charge < -0.3 is 25.4 Å². The summed E-state index contributed by atoms with van der Waals surface area (Å²) in [6.45, 7) is 3.79. The van der Waals surface area contributed by atoms with Crippen LogP contribution in [-0.2, 0) is 4.79 Å². The number of rotatable bonds is 7. The normalized spacial score (nSPS) is 14.2. The van der Waals surface area contributed by atoms with Crippen molar-refractivity contribution in [2.24, 2.45) is 0 Å². The first-order valence-corrected chi connectivity index (χ1v) is 12.4. The Kier molecular flexibility index (Phi) is 7.05. The summed E-state index contributed by atoms with van der Waals surface area (Å²) in [5, 5.41) is 13.7. The lowest BCUT2D eigenvalue weighted by Crippen LogP contribution is -2.32. The molecule has 4 aromatic rings. The standard InChI is InChI=1S/C30H29N5O4/c1-18-10-12-21(13-11-18)33-29(36)24-17-31-35-27(23-16-22(38-3)14-15-25(23)39-4)26(19(2)32-28(24)35)30(37)34-20-8-6-5-7-9-20/h5-17,27,32H,1-4H3,(H,33,36)(H,34,37). The quantitative estimate of drug-likeness (QED) is 0.300. The van der Waals surface area contributed by atoms with Crippen molar-refractivity contribution in [2.75, 3.05) is 30.2 Å². The van der Waals surface area contributed by atoms with E-state index in [-0.39, 0.29) is 11.8 Å². The first-order chi connectivity index (χ1) is 18.9. The number of hydrogen-bond acceptors (Lipinski definition) is 6. The highest BCUT2D eigenvalue weighted by Gasteiger charge is 2.37. The number of methoxy groups -OCH3 is 2. The summed E-state index contributed by atoms with van der Waals surface area (Å²) in [6.07, 6.45) is 1.50. The van der Waals surface area contributed by atoms with Crippen molar-refractivity contribution in [2.45, 2.75) is 19.9 Å². The Labute approximate surface area is 226 Å². The highest BCUT2D eigenvalue weighted by atomic mass is 16.5. The molecule has 3 N–H and O–H groups in total. The molecule has 1 aromatic heterocycles. The Hall–Kier alpha value is -5.05. The minimum atomic E-state index is -0.712. The number of aryl methyl sites for hydroxylation is 1. The molecule has 0 aliphatic carbocycles. The van der Waals surface area contributed by atoms with E-state index < -0.39 is 6.04 Å². The molecule has 1 aliphatic heterocycles. The number of ether oxygens (including phenoxy) is 2. The van der Waals surface area contributed by atoms with Gasteiger partial charge in [0, 0.05) is 22.6 Å². The van der Waals surface area contributed by atoms with Crippen LogP contribution in [0.25, 0.3) is 0 Å².